The second-order valence-corrected chi connectivity index (χ2v) is 4.27. The van der Waals surface area contributed by atoms with Gasteiger partial charge in [0, 0.05) is 22.7 Å². The van der Waals surface area contributed by atoms with Crippen LogP contribution in [0.25, 0.3) is 11.3 Å². The third-order valence-corrected chi connectivity index (χ3v) is 2.91. The minimum absolute atomic E-state index is 0.0459. The molecule has 2 aromatic heterocycles. The molecule has 0 radical (unpaired) electrons. The molecule has 5 heteroatoms. The molecule has 17 heavy (non-hydrogen) atoms. The Balaban J connectivity index is 2.41. The van der Waals surface area contributed by atoms with Gasteiger partial charge in [-0.1, -0.05) is 5.92 Å². The number of carbonyl (C=O) groups is 1. The zero-order valence-electron chi connectivity index (χ0n) is 8.96. The van der Waals surface area contributed by atoms with Crippen LogP contribution >= 0.6 is 11.3 Å². The van der Waals surface area contributed by atoms with E-state index in [1.807, 2.05) is 16.8 Å². The summed E-state index contributed by atoms with van der Waals surface area (Å²) in [6.45, 7) is 0.344. The quantitative estimate of drug-likeness (QED) is 0.838. The lowest BCUT2D eigenvalue weighted by atomic mass is 10.1. The first-order valence-electron chi connectivity index (χ1n) is 4.95. The van der Waals surface area contributed by atoms with Gasteiger partial charge in [0.25, 0.3) is 0 Å². The molecule has 0 aliphatic rings. The number of nitrogens with zero attached hydrogens (tertiary/aromatic N) is 2. The van der Waals surface area contributed by atoms with Gasteiger partial charge in [-0.25, -0.2) is 0 Å². The van der Waals surface area contributed by atoms with Crippen LogP contribution in [0.4, 0.5) is 0 Å². The zero-order chi connectivity index (χ0) is 12.3. The van der Waals surface area contributed by atoms with Crippen LogP contribution in [0, 0.1) is 12.3 Å². The average Bonchev–Trinajstić information content (AvgIpc) is 2.86. The molecule has 0 spiro atoms. The van der Waals surface area contributed by atoms with E-state index in [4.69, 9.17) is 11.5 Å². The predicted octanol–water partition coefficient (Wildman–Crippen LogP) is 1.87. The van der Waals surface area contributed by atoms with Crippen LogP contribution < -0.4 is 0 Å². The van der Waals surface area contributed by atoms with E-state index >= 15 is 0 Å². The maximum absolute atomic E-state index is 10.8. The molecule has 0 atom stereocenters. The summed E-state index contributed by atoms with van der Waals surface area (Å²) in [5, 5.41) is 17.0. The van der Waals surface area contributed by atoms with Crippen molar-refractivity contribution in [3.63, 3.8) is 0 Å². The van der Waals surface area contributed by atoms with Crippen molar-refractivity contribution >= 4 is 17.3 Å². The van der Waals surface area contributed by atoms with E-state index in [1.54, 1.807) is 22.2 Å². The van der Waals surface area contributed by atoms with Crippen LogP contribution in [-0.2, 0) is 17.8 Å². The molecule has 0 saturated heterocycles. The average molecular weight is 246 g/mol. The number of aromatic nitrogens is 2. The summed E-state index contributed by atoms with van der Waals surface area (Å²) in [6, 6.07) is 1.92. The Kier molecular flexibility index (Phi) is 3.26. The zero-order valence-corrected chi connectivity index (χ0v) is 9.78. The van der Waals surface area contributed by atoms with Crippen molar-refractivity contribution in [1.29, 1.82) is 0 Å². The Morgan fingerprint density at radius 2 is 2.47 bits per heavy atom. The number of carboxylic acid groups (broad SMARTS) is 1. The summed E-state index contributed by atoms with van der Waals surface area (Å²) >= 11 is 1.55. The number of rotatable bonds is 4. The first-order valence-corrected chi connectivity index (χ1v) is 5.89. The highest BCUT2D eigenvalue weighted by molar-refractivity contribution is 7.08. The molecular weight excluding hydrogens is 236 g/mol. The fourth-order valence-electron chi connectivity index (χ4n) is 1.57. The first-order chi connectivity index (χ1) is 8.20. The van der Waals surface area contributed by atoms with E-state index < -0.39 is 5.97 Å². The maximum atomic E-state index is 10.8. The van der Waals surface area contributed by atoms with Crippen molar-refractivity contribution in [2.75, 3.05) is 0 Å². The van der Waals surface area contributed by atoms with Gasteiger partial charge in [0.2, 0.25) is 0 Å². The van der Waals surface area contributed by atoms with Crippen LogP contribution in [0.3, 0.4) is 0 Å². The van der Waals surface area contributed by atoms with Crippen molar-refractivity contribution in [2.24, 2.45) is 0 Å². The topological polar surface area (TPSA) is 55.1 Å². The molecule has 4 nitrogen and oxygen atoms in total. The number of thiophene rings is 1. The lowest BCUT2D eigenvalue weighted by molar-refractivity contribution is -0.136. The summed E-state index contributed by atoms with van der Waals surface area (Å²) in [6.07, 6.45) is 6.86. The molecule has 2 heterocycles. The molecule has 0 amide bonds. The minimum atomic E-state index is -0.873. The fourth-order valence-corrected chi connectivity index (χ4v) is 2.21. The van der Waals surface area contributed by atoms with Crippen molar-refractivity contribution in [3.8, 4) is 23.6 Å². The summed E-state index contributed by atoms with van der Waals surface area (Å²) in [5.41, 5.74) is 2.32. The van der Waals surface area contributed by atoms with E-state index in [0.29, 0.717) is 17.8 Å². The predicted molar refractivity (Wildman–Crippen MR) is 65.7 cm³/mol. The second kappa shape index (κ2) is 4.85. The third kappa shape index (κ3) is 2.55. The van der Waals surface area contributed by atoms with Crippen LogP contribution in [0.5, 0.6) is 0 Å². The van der Waals surface area contributed by atoms with E-state index in [1.165, 1.54) is 0 Å². The molecule has 0 fully saturated rings. The highest BCUT2D eigenvalue weighted by atomic mass is 32.1. The van der Waals surface area contributed by atoms with E-state index in [2.05, 4.69) is 11.0 Å². The SMILES string of the molecule is C#CCn1cc(CC(=O)O)c(-c2ccsc2)n1. The molecule has 86 valence electrons. The largest absolute Gasteiger partial charge is 0.481 e. The normalized spacial score (nSPS) is 10.1. The van der Waals surface area contributed by atoms with Crippen LogP contribution in [0.2, 0.25) is 0 Å². The minimum Gasteiger partial charge on any atom is -0.481 e. The Morgan fingerprint density at radius 3 is 3.06 bits per heavy atom. The van der Waals surface area contributed by atoms with Gasteiger partial charge in [-0.05, 0) is 11.4 Å². The monoisotopic (exact) mass is 246 g/mol. The molecule has 0 aliphatic heterocycles. The van der Waals surface area contributed by atoms with Crippen molar-refractivity contribution in [2.45, 2.75) is 13.0 Å². The summed E-state index contributed by atoms with van der Waals surface area (Å²) in [4.78, 5) is 10.8. The molecule has 0 unspecified atom stereocenters. The van der Waals surface area contributed by atoms with Crippen molar-refractivity contribution in [1.82, 2.24) is 9.78 Å². The van der Waals surface area contributed by atoms with Gasteiger partial charge in [0.05, 0.1) is 12.1 Å². The van der Waals surface area contributed by atoms with E-state index in [0.717, 1.165) is 5.56 Å². The van der Waals surface area contributed by atoms with Crippen LogP contribution in [0.1, 0.15) is 5.56 Å². The van der Waals surface area contributed by atoms with E-state index in [9.17, 15) is 4.79 Å². The molecule has 0 aliphatic carbocycles. The summed E-state index contributed by atoms with van der Waals surface area (Å²) in [7, 11) is 0. The Hall–Kier alpha value is -2.06. The second-order valence-electron chi connectivity index (χ2n) is 3.49. The summed E-state index contributed by atoms with van der Waals surface area (Å²) in [5.74, 6) is 1.61. The molecule has 2 aromatic rings. The maximum Gasteiger partial charge on any atom is 0.307 e. The Labute approximate surface area is 103 Å². The molecular formula is C12H10N2O2S. The molecule has 1 N–H and O–H groups in total. The van der Waals surface area contributed by atoms with Crippen molar-refractivity contribution < 1.29 is 9.90 Å². The number of aliphatic carboxylic acids is 1. The Bertz CT molecular complexity index is 564. The van der Waals surface area contributed by atoms with Gasteiger partial charge >= 0.3 is 5.97 Å². The first kappa shape index (κ1) is 11.4. The molecule has 0 saturated carbocycles. The molecule has 0 bridgehead atoms. The number of hydrogen-bond acceptors (Lipinski definition) is 3. The number of terminal acetylenes is 1. The third-order valence-electron chi connectivity index (χ3n) is 2.23. The summed E-state index contributed by atoms with van der Waals surface area (Å²) < 4.78 is 1.59. The number of hydrogen-bond donors (Lipinski definition) is 1. The lowest BCUT2D eigenvalue weighted by Crippen LogP contribution is -2.00. The standard InChI is InChI=1S/C12H10N2O2S/c1-2-4-14-7-10(6-11(15)16)12(13-14)9-3-5-17-8-9/h1,3,5,7-8H,4,6H2,(H,15,16). The van der Waals surface area contributed by atoms with Gasteiger partial charge in [0.15, 0.2) is 0 Å². The molecule has 0 aromatic carbocycles. The van der Waals surface area contributed by atoms with Gasteiger partial charge < -0.3 is 5.11 Å². The van der Waals surface area contributed by atoms with Crippen LogP contribution in [-0.4, -0.2) is 20.9 Å². The van der Waals surface area contributed by atoms with Crippen LogP contribution in [0.15, 0.2) is 23.0 Å². The Morgan fingerprint density at radius 1 is 1.65 bits per heavy atom. The van der Waals surface area contributed by atoms with Crippen molar-refractivity contribution in [3.05, 3.63) is 28.6 Å². The van der Waals surface area contributed by atoms with Gasteiger partial charge in [0.1, 0.15) is 6.54 Å². The smallest absolute Gasteiger partial charge is 0.307 e. The molecule has 2 rings (SSSR count). The number of carboxylic acids is 1. The van der Waals surface area contributed by atoms with Gasteiger partial charge in [-0.15, -0.1) is 6.42 Å². The van der Waals surface area contributed by atoms with Gasteiger partial charge in [-0.3, -0.25) is 9.48 Å². The van der Waals surface area contributed by atoms with Gasteiger partial charge in [-0.2, -0.15) is 16.4 Å². The highest BCUT2D eigenvalue weighted by Gasteiger charge is 2.13. The fraction of sp³-hybridized carbons (Fsp3) is 0.167. The van der Waals surface area contributed by atoms with E-state index in [-0.39, 0.29) is 6.42 Å². The lowest BCUT2D eigenvalue weighted by Gasteiger charge is -1.95. The highest BCUT2D eigenvalue weighted by Crippen LogP contribution is 2.24.